The van der Waals surface area contributed by atoms with E-state index in [9.17, 15) is 27.2 Å². The fourth-order valence-electron chi connectivity index (χ4n) is 4.40. The summed E-state index contributed by atoms with van der Waals surface area (Å²) in [6, 6.07) is 3.01. The number of aromatic nitrogens is 4. The predicted molar refractivity (Wildman–Crippen MR) is 117 cm³/mol. The van der Waals surface area contributed by atoms with Gasteiger partial charge in [0, 0.05) is 37.3 Å². The van der Waals surface area contributed by atoms with Crippen molar-refractivity contribution in [2.45, 2.75) is 24.7 Å². The largest absolute Gasteiger partial charge is 0.416 e. The minimum absolute atomic E-state index is 0.00327. The van der Waals surface area contributed by atoms with E-state index in [1.165, 1.54) is 23.1 Å². The van der Waals surface area contributed by atoms with Crippen LogP contribution in [0.3, 0.4) is 0 Å². The number of alkyl halides is 3. The van der Waals surface area contributed by atoms with Gasteiger partial charge in [0.1, 0.15) is 12.4 Å². The summed E-state index contributed by atoms with van der Waals surface area (Å²) < 4.78 is 59.9. The number of nitrogens with zero attached hydrogens (tertiary/aromatic N) is 6. The van der Waals surface area contributed by atoms with Gasteiger partial charge < -0.3 is 20.3 Å². The third-order valence-corrected chi connectivity index (χ3v) is 6.30. The van der Waals surface area contributed by atoms with Crippen molar-refractivity contribution in [3.05, 3.63) is 47.8 Å². The summed E-state index contributed by atoms with van der Waals surface area (Å²) in [7, 11) is 0. The summed E-state index contributed by atoms with van der Waals surface area (Å²) >= 11 is 0. The van der Waals surface area contributed by atoms with Crippen LogP contribution in [0.1, 0.15) is 22.0 Å². The lowest BCUT2D eigenvalue weighted by molar-refractivity contribution is -0.236. The third kappa shape index (κ3) is 4.43. The number of hydrogen-bond acceptors (Lipinski definition) is 7. The Morgan fingerprint density at radius 3 is 2.67 bits per heavy atom. The molecule has 5 heterocycles. The quantitative estimate of drug-likeness (QED) is 0.533. The number of hydrogen-bond donors (Lipinski definition) is 1. The molecular weight excluding hydrogens is 486 g/mol. The molecule has 1 atom stereocenters. The molecular formula is C22H21F4N7O3. The summed E-state index contributed by atoms with van der Waals surface area (Å²) in [4.78, 5) is 35.8. The van der Waals surface area contributed by atoms with Gasteiger partial charge in [0.2, 0.25) is 5.91 Å². The van der Waals surface area contributed by atoms with E-state index in [1.807, 2.05) is 0 Å². The molecule has 0 aliphatic carbocycles. The van der Waals surface area contributed by atoms with E-state index >= 15 is 0 Å². The van der Waals surface area contributed by atoms with Gasteiger partial charge in [-0.25, -0.2) is 9.37 Å². The second-order valence-electron chi connectivity index (χ2n) is 8.68. The highest BCUT2D eigenvalue weighted by atomic mass is 19.4. The Morgan fingerprint density at radius 2 is 1.94 bits per heavy atom. The number of halogens is 4. The second kappa shape index (κ2) is 9.00. The minimum atomic E-state index is -4.59. The van der Waals surface area contributed by atoms with Crippen LogP contribution in [0.25, 0.3) is 10.9 Å². The Labute approximate surface area is 201 Å². The molecule has 2 fully saturated rings. The first-order chi connectivity index (χ1) is 17.1. The zero-order chi connectivity index (χ0) is 25.6. The molecule has 2 aliphatic heterocycles. The van der Waals surface area contributed by atoms with Crippen LogP contribution in [-0.4, -0.2) is 86.4 Å². The van der Waals surface area contributed by atoms with Crippen LogP contribution < -0.4 is 5.73 Å². The Bertz CT molecular complexity index is 1320. The lowest BCUT2D eigenvalue weighted by Crippen LogP contribution is -2.51. The molecule has 0 aromatic carbocycles. The maximum Gasteiger partial charge on any atom is 0.416 e. The molecule has 36 heavy (non-hydrogen) atoms. The summed E-state index contributed by atoms with van der Waals surface area (Å²) in [5.41, 5.74) is 6.61. The Balaban J connectivity index is 1.34. The normalized spacial score (nSPS) is 18.9. The van der Waals surface area contributed by atoms with Crippen LogP contribution in [0.5, 0.6) is 0 Å². The molecule has 5 rings (SSSR count). The fourth-order valence-corrected chi connectivity index (χ4v) is 4.40. The van der Waals surface area contributed by atoms with Crippen molar-refractivity contribution in [3.8, 4) is 0 Å². The van der Waals surface area contributed by atoms with Crippen molar-refractivity contribution in [1.29, 1.82) is 0 Å². The van der Waals surface area contributed by atoms with Crippen molar-refractivity contribution < 1.29 is 31.9 Å². The molecule has 0 radical (unpaired) electrons. The van der Waals surface area contributed by atoms with Crippen molar-refractivity contribution in [1.82, 2.24) is 29.5 Å². The highest BCUT2D eigenvalue weighted by Crippen LogP contribution is 2.34. The van der Waals surface area contributed by atoms with Crippen LogP contribution in [-0.2, 0) is 16.1 Å². The zero-order valence-electron chi connectivity index (χ0n) is 18.8. The van der Waals surface area contributed by atoms with E-state index in [0.29, 0.717) is 11.3 Å². The maximum atomic E-state index is 14.8. The first-order valence-electron chi connectivity index (χ1n) is 11.1. The number of carbonyl (C=O) groups is 2. The molecule has 0 spiro atoms. The van der Waals surface area contributed by atoms with Crippen molar-refractivity contribution in [2.75, 3.05) is 38.5 Å². The highest BCUT2D eigenvalue weighted by Gasteiger charge is 2.44. The van der Waals surface area contributed by atoms with E-state index in [2.05, 4.69) is 15.1 Å². The average molecular weight is 507 g/mol. The monoisotopic (exact) mass is 507 g/mol. The lowest BCUT2D eigenvalue weighted by Gasteiger charge is -2.38. The minimum Gasteiger partial charge on any atom is -0.384 e. The first-order valence-corrected chi connectivity index (χ1v) is 11.1. The second-order valence-corrected chi connectivity index (χ2v) is 8.68. The topological polar surface area (TPSA) is 119 Å². The fraction of sp³-hybridized carbons (Fsp3) is 0.409. The number of nitrogens with two attached hydrogens (primary N) is 1. The molecule has 190 valence electrons. The Morgan fingerprint density at radius 1 is 1.17 bits per heavy atom. The molecule has 2 saturated heterocycles. The molecule has 0 saturated carbocycles. The van der Waals surface area contributed by atoms with Gasteiger partial charge in [0.05, 0.1) is 42.1 Å². The number of fused-ring (bicyclic) bond motifs is 1. The Kier molecular flexibility index (Phi) is 5.98. The number of rotatable bonds is 4. The van der Waals surface area contributed by atoms with E-state index in [0.717, 1.165) is 11.1 Å². The van der Waals surface area contributed by atoms with Gasteiger partial charge in [-0.15, -0.1) is 0 Å². The number of anilines is 1. The number of carbonyl (C=O) groups excluding carboxylic acids is 2. The molecule has 2 N–H and O–H groups in total. The average Bonchev–Trinajstić information content (AvgIpc) is 3.16. The SMILES string of the molecule is Nc1cc(C(=O)N2CC(c3nn(CC(=O)N4CCO[C@@H](C(F)(F)F)C4)c4cncc(F)c34)C2)ccn1. The van der Waals surface area contributed by atoms with Crippen LogP contribution in [0.4, 0.5) is 23.4 Å². The van der Waals surface area contributed by atoms with Crippen molar-refractivity contribution in [3.63, 3.8) is 0 Å². The number of nitrogen functional groups attached to an aromatic ring is 1. The summed E-state index contributed by atoms with van der Waals surface area (Å²) in [6.07, 6.45) is -2.85. The zero-order valence-corrected chi connectivity index (χ0v) is 18.8. The molecule has 10 nitrogen and oxygen atoms in total. The van der Waals surface area contributed by atoms with Crippen LogP contribution in [0.2, 0.25) is 0 Å². The highest BCUT2D eigenvalue weighted by molar-refractivity contribution is 5.95. The number of pyridine rings is 2. The van der Waals surface area contributed by atoms with Crippen LogP contribution >= 0.6 is 0 Å². The third-order valence-electron chi connectivity index (χ3n) is 6.30. The smallest absolute Gasteiger partial charge is 0.384 e. The van der Waals surface area contributed by atoms with Gasteiger partial charge >= 0.3 is 6.18 Å². The number of amides is 2. The van der Waals surface area contributed by atoms with Crippen LogP contribution in [0.15, 0.2) is 30.7 Å². The van der Waals surface area contributed by atoms with Gasteiger partial charge in [-0.1, -0.05) is 0 Å². The molecule has 14 heteroatoms. The lowest BCUT2D eigenvalue weighted by atomic mass is 9.93. The molecule has 3 aromatic heterocycles. The van der Waals surface area contributed by atoms with E-state index < -0.39 is 37.1 Å². The molecule has 0 bridgehead atoms. The van der Waals surface area contributed by atoms with Gasteiger partial charge in [0.25, 0.3) is 5.91 Å². The summed E-state index contributed by atoms with van der Waals surface area (Å²) in [5, 5.41) is 4.59. The summed E-state index contributed by atoms with van der Waals surface area (Å²) in [6.45, 7) is -0.729. The van der Waals surface area contributed by atoms with E-state index in [-0.39, 0.29) is 54.8 Å². The summed E-state index contributed by atoms with van der Waals surface area (Å²) in [5.74, 6) is -1.59. The van der Waals surface area contributed by atoms with Gasteiger partial charge in [-0.05, 0) is 12.1 Å². The number of morpholine rings is 1. The van der Waals surface area contributed by atoms with Gasteiger partial charge in [0.15, 0.2) is 11.9 Å². The molecule has 2 aliphatic rings. The predicted octanol–water partition coefficient (Wildman–Crippen LogP) is 1.58. The Hall–Kier alpha value is -3.81. The first kappa shape index (κ1) is 23.9. The van der Waals surface area contributed by atoms with E-state index in [4.69, 9.17) is 10.5 Å². The molecule has 0 unspecified atom stereocenters. The molecule has 3 aromatic rings. The van der Waals surface area contributed by atoms with Gasteiger partial charge in [-0.2, -0.15) is 18.3 Å². The van der Waals surface area contributed by atoms with Gasteiger partial charge in [-0.3, -0.25) is 19.3 Å². The van der Waals surface area contributed by atoms with Crippen LogP contribution in [0, 0.1) is 5.82 Å². The van der Waals surface area contributed by atoms with Crippen molar-refractivity contribution >= 4 is 28.5 Å². The number of ether oxygens (including phenoxy) is 1. The maximum absolute atomic E-state index is 14.8. The van der Waals surface area contributed by atoms with Crippen molar-refractivity contribution in [2.24, 2.45) is 0 Å². The number of likely N-dealkylation sites (tertiary alicyclic amines) is 1. The molecule has 2 amide bonds. The standard InChI is InChI=1S/C22H21F4N7O3/c23-14-6-28-7-15-19(14)20(13-8-32(9-13)21(35)12-1-2-29-17(27)5-12)30-33(15)11-18(34)31-3-4-36-16(10-31)22(24,25)26/h1-2,5-7,13,16H,3-4,8-11H2,(H2,27,29)/t16-/m1/s1. The van der Waals surface area contributed by atoms with E-state index in [1.54, 1.807) is 11.0 Å².